The third-order valence-electron chi connectivity index (χ3n) is 6.28. The van der Waals surface area contributed by atoms with Gasteiger partial charge in [-0.3, -0.25) is 9.97 Å². The fourth-order valence-corrected chi connectivity index (χ4v) is 4.41. The standard InChI is InChI=1S/C27H29N7O/c1-34-16-11-19(12-17-34)21-9-8-20(18-24(21)35-2)31-27-30-15-10-25(33-27)32-23-7-5-14-29-26(23)22-6-3-4-13-28-22/h3-10,13-15,18-19H,11-12,16-17H2,1-2H3,(H2,30,31,32,33). The van der Waals surface area contributed by atoms with Crippen LogP contribution in [-0.2, 0) is 0 Å². The fraction of sp³-hybridized carbons (Fsp3) is 0.259. The van der Waals surface area contributed by atoms with Crippen LogP contribution in [0.3, 0.4) is 0 Å². The Kier molecular flexibility index (Phi) is 6.81. The second-order valence-electron chi connectivity index (χ2n) is 8.66. The minimum Gasteiger partial charge on any atom is -0.496 e. The number of piperidine rings is 1. The van der Waals surface area contributed by atoms with Crippen molar-refractivity contribution in [2.45, 2.75) is 18.8 Å². The van der Waals surface area contributed by atoms with Gasteiger partial charge < -0.3 is 20.3 Å². The second kappa shape index (κ2) is 10.5. The number of ether oxygens (including phenoxy) is 1. The van der Waals surface area contributed by atoms with Crippen LogP contribution in [0.1, 0.15) is 24.3 Å². The summed E-state index contributed by atoms with van der Waals surface area (Å²) in [6, 6.07) is 17.7. The summed E-state index contributed by atoms with van der Waals surface area (Å²) in [6.07, 6.45) is 7.52. The SMILES string of the molecule is COc1cc(Nc2nccc(Nc3cccnc3-c3ccccn3)n2)ccc1C1CCN(C)CC1. The Labute approximate surface area is 205 Å². The summed E-state index contributed by atoms with van der Waals surface area (Å²) in [5.74, 6) is 2.57. The molecular weight excluding hydrogens is 438 g/mol. The van der Waals surface area contributed by atoms with Gasteiger partial charge in [0.2, 0.25) is 5.95 Å². The van der Waals surface area contributed by atoms with Crippen molar-refractivity contribution in [2.24, 2.45) is 0 Å². The van der Waals surface area contributed by atoms with Crippen LogP contribution in [0.4, 0.5) is 23.1 Å². The van der Waals surface area contributed by atoms with Gasteiger partial charge in [0, 0.05) is 30.3 Å². The van der Waals surface area contributed by atoms with Crippen LogP contribution in [0.5, 0.6) is 5.75 Å². The monoisotopic (exact) mass is 467 g/mol. The van der Waals surface area contributed by atoms with Crippen LogP contribution >= 0.6 is 0 Å². The van der Waals surface area contributed by atoms with Gasteiger partial charge >= 0.3 is 0 Å². The smallest absolute Gasteiger partial charge is 0.229 e. The third-order valence-corrected chi connectivity index (χ3v) is 6.28. The van der Waals surface area contributed by atoms with Gasteiger partial charge in [0.25, 0.3) is 0 Å². The molecule has 4 aromatic rings. The predicted molar refractivity (Wildman–Crippen MR) is 139 cm³/mol. The molecule has 8 heteroatoms. The van der Waals surface area contributed by atoms with Gasteiger partial charge in [-0.1, -0.05) is 12.1 Å². The van der Waals surface area contributed by atoms with Crippen LogP contribution < -0.4 is 15.4 Å². The number of aromatic nitrogens is 4. The highest BCUT2D eigenvalue weighted by Crippen LogP contribution is 2.36. The van der Waals surface area contributed by atoms with E-state index in [4.69, 9.17) is 4.74 Å². The highest BCUT2D eigenvalue weighted by Gasteiger charge is 2.21. The summed E-state index contributed by atoms with van der Waals surface area (Å²) in [6.45, 7) is 2.22. The van der Waals surface area contributed by atoms with Gasteiger partial charge in [-0.25, -0.2) is 4.98 Å². The number of likely N-dealkylation sites (tertiary alicyclic amines) is 1. The molecule has 0 atom stereocenters. The first kappa shape index (κ1) is 22.7. The van der Waals surface area contributed by atoms with Crippen LogP contribution in [-0.4, -0.2) is 52.1 Å². The molecule has 0 amide bonds. The summed E-state index contributed by atoms with van der Waals surface area (Å²) in [5, 5.41) is 6.66. The maximum atomic E-state index is 5.74. The van der Waals surface area contributed by atoms with Crippen molar-refractivity contribution >= 4 is 23.1 Å². The number of nitrogens with zero attached hydrogens (tertiary/aromatic N) is 5. The Bertz CT molecular complexity index is 1270. The van der Waals surface area contributed by atoms with Gasteiger partial charge in [0.15, 0.2) is 0 Å². The van der Waals surface area contributed by atoms with Crippen molar-refractivity contribution in [1.82, 2.24) is 24.8 Å². The van der Waals surface area contributed by atoms with Crippen molar-refractivity contribution < 1.29 is 4.74 Å². The van der Waals surface area contributed by atoms with Gasteiger partial charge in [-0.2, -0.15) is 4.98 Å². The summed E-state index contributed by atoms with van der Waals surface area (Å²) >= 11 is 0. The maximum absolute atomic E-state index is 5.74. The van der Waals surface area contributed by atoms with E-state index in [0.717, 1.165) is 54.4 Å². The van der Waals surface area contributed by atoms with E-state index in [1.807, 2.05) is 42.5 Å². The Balaban J connectivity index is 1.33. The highest BCUT2D eigenvalue weighted by molar-refractivity contribution is 5.75. The lowest BCUT2D eigenvalue weighted by Crippen LogP contribution is -2.29. The molecule has 2 N–H and O–H groups in total. The first-order chi connectivity index (χ1) is 17.2. The number of methoxy groups -OCH3 is 1. The topological polar surface area (TPSA) is 88.1 Å². The van der Waals surface area contributed by atoms with E-state index in [-0.39, 0.29) is 0 Å². The van der Waals surface area contributed by atoms with Crippen LogP contribution in [0.2, 0.25) is 0 Å². The van der Waals surface area contributed by atoms with Crippen molar-refractivity contribution in [1.29, 1.82) is 0 Å². The normalized spacial score (nSPS) is 14.5. The van der Waals surface area contributed by atoms with E-state index >= 15 is 0 Å². The molecule has 178 valence electrons. The summed E-state index contributed by atoms with van der Waals surface area (Å²) < 4.78 is 5.74. The van der Waals surface area contributed by atoms with Crippen LogP contribution in [0, 0.1) is 0 Å². The maximum Gasteiger partial charge on any atom is 0.229 e. The quantitative estimate of drug-likeness (QED) is 0.382. The molecule has 1 aliphatic rings. The molecule has 8 nitrogen and oxygen atoms in total. The zero-order valence-electron chi connectivity index (χ0n) is 20.0. The van der Waals surface area contributed by atoms with E-state index in [9.17, 15) is 0 Å². The van der Waals surface area contributed by atoms with Gasteiger partial charge in [0.1, 0.15) is 17.3 Å². The number of benzene rings is 1. The van der Waals surface area contributed by atoms with Crippen molar-refractivity contribution in [3.8, 4) is 17.1 Å². The van der Waals surface area contributed by atoms with E-state index in [0.29, 0.717) is 17.7 Å². The molecule has 1 fully saturated rings. The van der Waals surface area contributed by atoms with Gasteiger partial charge in [0.05, 0.1) is 18.5 Å². The lowest BCUT2D eigenvalue weighted by Gasteiger charge is -2.30. The highest BCUT2D eigenvalue weighted by atomic mass is 16.5. The molecule has 1 saturated heterocycles. The van der Waals surface area contributed by atoms with Crippen molar-refractivity contribution in [2.75, 3.05) is 37.9 Å². The Morgan fingerprint density at radius 1 is 0.886 bits per heavy atom. The largest absolute Gasteiger partial charge is 0.496 e. The molecule has 1 aliphatic heterocycles. The van der Waals surface area contributed by atoms with Gasteiger partial charge in [-0.05, 0) is 80.9 Å². The minimum atomic E-state index is 0.493. The molecule has 0 unspecified atom stereocenters. The molecule has 0 saturated carbocycles. The second-order valence-corrected chi connectivity index (χ2v) is 8.66. The first-order valence-corrected chi connectivity index (χ1v) is 11.8. The molecule has 5 rings (SSSR count). The summed E-state index contributed by atoms with van der Waals surface area (Å²) in [7, 11) is 3.91. The minimum absolute atomic E-state index is 0.493. The van der Waals surface area contributed by atoms with E-state index in [1.54, 1.807) is 25.7 Å². The van der Waals surface area contributed by atoms with E-state index in [2.05, 4.69) is 54.6 Å². The molecule has 3 aromatic heterocycles. The number of pyridine rings is 2. The molecule has 0 spiro atoms. The Morgan fingerprint density at radius 3 is 2.54 bits per heavy atom. The number of rotatable bonds is 7. The van der Waals surface area contributed by atoms with Crippen LogP contribution in [0.15, 0.2) is 73.2 Å². The number of hydrogen-bond acceptors (Lipinski definition) is 8. The lowest BCUT2D eigenvalue weighted by atomic mass is 9.89. The zero-order chi connectivity index (χ0) is 24.0. The lowest BCUT2D eigenvalue weighted by molar-refractivity contribution is 0.252. The number of anilines is 4. The summed E-state index contributed by atoms with van der Waals surface area (Å²) in [4.78, 5) is 20.3. The molecule has 0 aliphatic carbocycles. The van der Waals surface area contributed by atoms with Crippen molar-refractivity contribution in [3.63, 3.8) is 0 Å². The average Bonchev–Trinajstić information content (AvgIpc) is 2.90. The number of nitrogens with one attached hydrogen (secondary N) is 2. The summed E-state index contributed by atoms with van der Waals surface area (Å²) in [5.41, 5.74) is 4.52. The van der Waals surface area contributed by atoms with Crippen LogP contribution in [0.25, 0.3) is 11.4 Å². The van der Waals surface area contributed by atoms with Crippen molar-refractivity contribution in [3.05, 3.63) is 78.8 Å². The first-order valence-electron chi connectivity index (χ1n) is 11.8. The molecule has 4 heterocycles. The van der Waals surface area contributed by atoms with Gasteiger partial charge in [-0.15, -0.1) is 0 Å². The average molecular weight is 468 g/mol. The third kappa shape index (κ3) is 5.38. The molecule has 0 radical (unpaired) electrons. The Hall–Kier alpha value is -4.04. The Morgan fingerprint density at radius 2 is 1.74 bits per heavy atom. The molecule has 35 heavy (non-hydrogen) atoms. The van der Waals surface area contributed by atoms with E-state index < -0.39 is 0 Å². The molecular formula is C27H29N7O. The fourth-order valence-electron chi connectivity index (χ4n) is 4.41. The number of hydrogen-bond donors (Lipinski definition) is 2. The molecule has 1 aromatic carbocycles. The molecule has 0 bridgehead atoms. The van der Waals surface area contributed by atoms with E-state index in [1.165, 1.54) is 5.56 Å². The predicted octanol–water partition coefficient (Wildman–Crippen LogP) is 5.24. The zero-order valence-corrected chi connectivity index (χ0v) is 20.0.